The number of benzene rings is 1. The Balaban J connectivity index is 1.40. The van der Waals surface area contributed by atoms with E-state index in [2.05, 4.69) is 45.2 Å². The van der Waals surface area contributed by atoms with E-state index in [0.717, 1.165) is 37.2 Å². The normalized spacial score (nSPS) is 16.7. The van der Waals surface area contributed by atoms with Crippen molar-refractivity contribution in [3.63, 3.8) is 0 Å². The Bertz CT molecular complexity index is 976. The Kier molecular flexibility index (Phi) is 5.53. The average molecular weight is 388 g/mol. The van der Waals surface area contributed by atoms with Gasteiger partial charge in [-0.05, 0) is 41.3 Å². The number of hydrogen-bond donors (Lipinski definition) is 1. The van der Waals surface area contributed by atoms with E-state index in [4.69, 9.17) is 0 Å². The van der Waals surface area contributed by atoms with Crippen LogP contribution in [0.1, 0.15) is 22.3 Å². The maximum atomic E-state index is 11.5. The molecule has 0 unspecified atom stereocenters. The summed E-state index contributed by atoms with van der Waals surface area (Å²) in [5, 5.41) is 9.43. The lowest BCUT2D eigenvalue weighted by molar-refractivity contribution is 0.0697. The molecule has 1 aliphatic heterocycles. The SMILES string of the molecule is CN(c1ncccc1C(=O)O)[C@@H]1CCN(Cc2ccc(-c3cccnc3)cc2)C1. The lowest BCUT2D eigenvalue weighted by Gasteiger charge is -2.27. The highest BCUT2D eigenvalue weighted by molar-refractivity contribution is 5.93. The minimum absolute atomic E-state index is 0.248. The molecule has 0 aliphatic carbocycles. The largest absolute Gasteiger partial charge is 0.478 e. The molecule has 0 bridgehead atoms. The number of likely N-dealkylation sites (N-methyl/N-ethyl adjacent to an activating group) is 1. The summed E-state index contributed by atoms with van der Waals surface area (Å²) in [5.41, 5.74) is 3.80. The number of pyridine rings is 2. The molecule has 29 heavy (non-hydrogen) atoms. The van der Waals surface area contributed by atoms with Gasteiger partial charge in [0.15, 0.2) is 0 Å². The third kappa shape index (κ3) is 4.27. The first-order chi connectivity index (χ1) is 14.1. The molecular weight excluding hydrogens is 364 g/mol. The van der Waals surface area contributed by atoms with Crippen molar-refractivity contribution in [1.82, 2.24) is 14.9 Å². The van der Waals surface area contributed by atoms with Crippen molar-refractivity contribution in [3.8, 4) is 11.1 Å². The number of hydrogen-bond acceptors (Lipinski definition) is 5. The number of carbonyl (C=O) groups is 1. The lowest BCUT2D eigenvalue weighted by atomic mass is 10.1. The van der Waals surface area contributed by atoms with Crippen LogP contribution < -0.4 is 4.90 Å². The number of aromatic carboxylic acids is 1. The fourth-order valence-corrected chi connectivity index (χ4v) is 3.88. The summed E-state index contributed by atoms with van der Waals surface area (Å²) in [6, 6.07) is 16.1. The second-order valence-electron chi connectivity index (χ2n) is 7.41. The van der Waals surface area contributed by atoms with Crippen molar-refractivity contribution < 1.29 is 9.90 Å². The summed E-state index contributed by atoms with van der Waals surface area (Å²) in [6.07, 6.45) is 6.29. The molecule has 2 aromatic heterocycles. The standard InChI is InChI=1S/C23H24N4O2/c1-26(22-21(23(28)29)5-3-12-25-22)20-10-13-27(16-20)15-17-6-8-18(9-7-17)19-4-2-11-24-14-19/h2-9,11-12,14,20H,10,13,15-16H2,1H3,(H,28,29)/t20-/m1/s1. The number of likely N-dealkylation sites (tertiary alicyclic amines) is 1. The Hall–Kier alpha value is -3.25. The van der Waals surface area contributed by atoms with E-state index in [-0.39, 0.29) is 11.6 Å². The second kappa shape index (κ2) is 8.41. The van der Waals surface area contributed by atoms with Crippen LogP contribution in [0, 0.1) is 0 Å². The summed E-state index contributed by atoms with van der Waals surface area (Å²) in [7, 11) is 1.94. The van der Waals surface area contributed by atoms with E-state index >= 15 is 0 Å². The Morgan fingerprint density at radius 3 is 2.66 bits per heavy atom. The van der Waals surface area contributed by atoms with E-state index < -0.39 is 5.97 Å². The first-order valence-electron chi connectivity index (χ1n) is 9.74. The quantitative estimate of drug-likeness (QED) is 0.696. The molecule has 0 amide bonds. The first-order valence-corrected chi connectivity index (χ1v) is 9.74. The molecule has 0 radical (unpaired) electrons. The van der Waals surface area contributed by atoms with Crippen LogP contribution in [0.4, 0.5) is 5.82 Å². The Morgan fingerprint density at radius 2 is 1.93 bits per heavy atom. The first kappa shape index (κ1) is 19.1. The highest BCUT2D eigenvalue weighted by Crippen LogP contribution is 2.25. The molecule has 6 heteroatoms. The smallest absolute Gasteiger partial charge is 0.339 e. The molecule has 3 aromatic rings. The van der Waals surface area contributed by atoms with Crippen LogP contribution in [0.25, 0.3) is 11.1 Å². The van der Waals surface area contributed by atoms with Crippen molar-refractivity contribution in [1.29, 1.82) is 0 Å². The summed E-state index contributed by atoms with van der Waals surface area (Å²) >= 11 is 0. The Morgan fingerprint density at radius 1 is 1.14 bits per heavy atom. The maximum Gasteiger partial charge on any atom is 0.339 e. The zero-order valence-corrected chi connectivity index (χ0v) is 16.4. The summed E-state index contributed by atoms with van der Waals surface area (Å²) in [5.74, 6) is -0.406. The monoisotopic (exact) mass is 388 g/mol. The van der Waals surface area contributed by atoms with Gasteiger partial charge in [0.25, 0.3) is 0 Å². The maximum absolute atomic E-state index is 11.5. The molecule has 1 fully saturated rings. The van der Waals surface area contributed by atoms with E-state index in [0.29, 0.717) is 5.82 Å². The number of carboxylic acid groups (broad SMARTS) is 1. The minimum Gasteiger partial charge on any atom is -0.478 e. The van der Waals surface area contributed by atoms with Crippen molar-refractivity contribution in [3.05, 3.63) is 78.2 Å². The number of carboxylic acids is 1. The van der Waals surface area contributed by atoms with Crippen molar-refractivity contribution in [2.75, 3.05) is 25.0 Å². The van der Waals surface area contributed by atoms with Gasteiger partial charge in [-0.15, -0.1) is 0 Å². The second-order valence-corrected chi connectivity index (χ2v) is 7.41. The van der Waals surface area contributed by atoms with E-state index in [1.165, 1.54) is 5.56 Å². The fraction of sp³-hybridized carbons (Fsp3) is 0.261. The van der Waals surface area contributed by atoms with Gasteiger partial charge < -0.3 is 10.0 Å². The molecule has 3 heterocycles. The number of anilines is 1. The molecule has 4 rings (SSSR count). The molecule has 1 aromatic carbocycles. The van der Waals surface area contributed by atoms with E-state index in [9.17, 15) is 9.90 Å². The average Bonchev–Trinajstić information content (AvgIpc) is 3.23. The van der Waals surface area contributed by atoms with E-state index in [1.807, 2.05) is 24.2 Å². The van der Waals surface area contributed by atoms with Gasteiger partial charge >= 0.3 is 5.97 Å². The molecule has 6 nitrogen and oxygen atoms in total. The lowest BCUT2D eigenvalue weighted by Crippen LogP contribution is -2.36. The van der Waals surface area contributed by atoms with Gasteiger partial charge in [0, 0.05) is 51.3 Å². The van der Waals surface area contributed by atoms with Gasteiger partial charge in [0.1, 0.15) is 11.4 Å². The number of nitrogens with zero attached hydrogens (tertiary/aromatic N) is 4. The Labute approximate surface area is 170 Å². The molecular formula is C23H24N4O2. The van der Waals surface area contributed by atoms with Crippen LogP contribution in [0.2, 0.25) is 0 Å². The highest BCUT2D eigenvalue weighted by atomic mass is 16.4. The third-order valence-electron chi connectivity index (χ3n) is 5.50. The van der Waals surface area contributed by atoms with Gasteiger partial charge in [0.05, 0.1) is 0 Å². The topological polar surface area (TPSA) is 69.6 Å². The van der Waals surface area contributed by atoms with Crippen LogP contribution in [0.5, 0.6) is 0 Å². The van der Waals surface area contributed by atoms with Crippen LogP contribution in [0.3, 0.4) is 0 Å². The van der Waals surface area contributed by atoms with Gasteiger partial charge in [-0.2, -0.15) is 0 Å². The molecule has 0 saturated carbocycles. The highest BCUT2D eigenvalue weighted by Gasteiger charge is 2.28. The van der Waals surface area contributed by atoms with Crippen LogP contribution >= 0.6 is 0 Å². The van der Waals surface area contributed by atoms with E-state index in [1.54, 1.807) is 24.5 Å². The van der Waals surface area contributed by atoms with Crippen molar-refractivity contribution in [2.24, 2.45) is 0 Å². The summed E-state index contributed by atoms with van der Waals surface area (Å²) in [6.45, 7) is 2.75. The van der Waals surface area contributed by atoms with Crippen molar-refractivity contribution >= 4 is 11.8 Å². The minimum atomic E-state index is -0.941. The van der Waals surface area contributed by atoms with Gasteiger partial charge in [-0.25, -0.2) is 9.78 Å². The van der Waals surface area contributed by atoms with Crippen molar-refractivity contribution in [2.45, 2.75) is 19.0 Å². The molecule has 1 N–H and O–H groups in total. The molecule has 148 valence electrons. The van der Waals surface area contributed by atoms with Gasteiger partial charge in [-0.3, -0.25) is 9.88 Å². The molecule has 1 atom stereocenters. The molecule has 1 aliphatic rings. The van der Waals surface area contributed by atoms with Crippen LogP contribution in [-0.4, -0.2) is 52.1 Å². The molecule has 0 spiro atoms. The van der Waals surface area contributed by atoms with Crippen LogP contribution in [0.15, 0.2) is 67.1 Å². The summed E-state index contributed by atoms with van der Waals surface area (Å²) in [4.78, 5) is 24.4. The number of rotatable bonds is 6. The predicted octanol–water partition coefficient (Wildman–Crippen LogP) is 3.55. The zero-order chi connectivity index (χ0) is 20.2. The summed E-state index contributed by atoms with van der Waals surface area (Å²) < 4.78 is 0. The fourth-order valence-electron chi connectivity index (χ4n) is 3.88. The van der Waals surface area contributed by atoms with Gasteiger partial charge in [-0.1, -0.05) is 30.3 Å². The predicted molar refractivity (Wildman–Crippen MR) is 113 cm³/mol. The molecule has 1 saturated heterocycles. The third-order valence-corrected chi connectivity index (χ3v) is 5.50. The number of aromatic nitrogens is 2. The van der Waals surface area contributed by atoms with Gasteiger partial charge in [0.2, 0.25) is 0 Å². The zero-order valence-electron chi connectivity index (χ0n) is 16.4. The van der Waals surface area contributed by atoms with Crippen LogP contribution in [-0.2, 0) is 6.54 Å².